The molecule has 6 nitrogen and oxygen atoms in total. The molecule has 2 N–H and O–H groups in total. The Labute approximate surface area is 99.4 Å². The molecule has 1 aromatic rings. The summed E-state index contributed by atoms with van der Waals surface area (Å²) in [6.07, 6.45) is 0.371. The molecule has 0 bridgehead atoms. The molecule has 0 heterocycles. The van der Waals surface area contributed by atoms with Crippen molar-refractivity contribution in [3.05, 3.63) is 28.3 Å². The number of nitrogens with two attached hydrogens (primary N) is 1. The fraction of sp³-hybridized carbons (Fsp3) is 0.364. The minimum absolute atomic E-state index is 0.0320. The van der Waals surface area contributed by atoms with Gasteiger partial charge in [-0.05, 0) is 13.0 Å². The summed E-state index contributed by atoms with van der Waals surface area (Å²) in [7, 11) is 0. The summed E-state index contributed by atoms with van der Waals surface area (Å²) in [6, 6.07) is 6.51. The van der Waals surface area contributed by atoms with Crippen LogP contribution in [0.1, 0.15) is 13.3 Å². The van der Waals surface area contributed by atoms with Gasteiger partial charge in [-0.15, -0.1) is 0 Å². The third-order valence-corrected chi connectivity index (χ3v) is 2.38. The third-order valence-electron chi connectivity index (χ3n) is 2.38. The molecule has 0 saturated heterocycles. The van der Waals surface area contributed by atoms with Crippen LogP contribution < -0.4 is 10.6 Å². The van der Waals surface area contributed by atoms with Crippen LogP contribution in [0.5, 0.6) is 0 Å². The number of benzene rings is 1. The van der Waals surface area contributed by atoms with E-state index in [9.17, 15) is 10.1 Å². The van der Waals surface area contributed by atoms with E-state index in [0.29, 0.717) is 30.9 Å². The normalized spacial score (nSPS) is 9.65. The fourth-order valence-corrected chi connectivity index (χ4v) is 1.56. The molecule has 0 spiro atoms. The largest absolute Gasteiger partial charge is 0.398 e. The highest BCUT2D eigenvalue weighted by atomic mass is 16.6. The maximum Gasteiger partial charge on any atom is 0.273 e. The first-order chi connectivity index (χ1) is 8.08. The van der Waals surface area contributed by atoms with E-state index in [4.69, 9.17) is 11.0 Å². The average Bonchev–Trinajstić information content (AvgIpc) is 2.29. The van der Waals surface area contributed by atoms with E-state index in [-0.39, 0.29) is 5.69 Å². The molecule has 0 amide bonds. The molecule has 0 fully saturated rings. The second kappa shape index (κ2) is 5.70. The van der Waals surface area contributed by atoms with E-state index in [1.54, 1.807) is 6.07 Å². The number of nitriles is 1. The van der Waals surface area contributed by atoms with Gasteiger partial charge in [-0.3, -0.25) is 10.1 Å². The number of nitro groups is 1. The zero-order chi connectivity index (χ0) is 12.8. The highest BCUT2D eigenvalue weighted by Crippen LogP contribution is 2.25. The lowest BCUT2D eigenvalue weighted by molar-refractivity contribution is -0.384. The van der Waals surface area contributed by atoms with Gasteiger partial charge in [0.1, 0.15) is 0 Å². The van der Waals surface area contributed by atoms with Gasteiger partial charge >= 0.3 is 0 Å². The van der Waals surface area contributed by atoms with Gasteiger partial charge in [-0.25, -0.2) is 0 Å². The smallest absolute Gasteiger partial charge is 0.273 e. The second-order valence-electron chi connectivity index (χ2n) is 3.53. The van der Waals surface area contributed by atoms with Gasteiger partial charge in [-0.1, -0.05) is 0 Å². The molecule has 1 rings (SSSR count). The van der Waals surface area contributed by atoms with E-state index in [0.717, 1.165) is 0 Å². The molecule has 0 aliphatic rings. The van der Waals surface area contributed by atoms with Gasteiger partial charge in [0.05, 0.1) is 17.4 Å². The van der Waals surface area contributed by atoms with Crippen molar-refractivity contribution < 1.29 is 4.92 Å². The van der Waals surface area contributed by atoms with Gasteiger partial charge < -0.3 is 10.6 Å². The van der Waals surface area contributed by atoms with Crippen molar-refractivity contribution in [3.8, 4) is 6.07 Å². The lowest BCUT2D eigenvalue weighted by Crippen LogP contribution is -2.23. The van der Waals surface area contributed by atoms with E-state index in [1.165, 1.54) is 12.1 Å². The first kappa shape index (κ1) is 12.8. The number of nitro benzene ring substituents is 1. The van der Waals surface area contributed by atoms with Gasteiger partial charge in [0.25, 0.3) is 5.69 Å². The van der Waals surface area contributed by atoms with E-state index >= 15 is 0 Å². The third kappa shape index (κ3) is 3.34. The zero-order valence-electron chi connectivity index (χ0n) is 9.59. The molecule has 0 saturated carbocycles. The Morgan fingerprint density at radius 1 is 1.53 bits per heavy atom. The van der Waals surface area contributed by atoms with Crippen molar-refractivity contribution in [1.29, 1.82) is 5.26 Å². The fourth-order valence-electron chi connectivity index (χ4n) is 1.56. The lowest BCUT2D eigenvalue weighted by Gasteiger charge is -2.21. The van der Waals surface area contributed by atoms with Crippen LogP contribution in [0.15, 0.2) is 18.2 Å². The quantitative estimate of drug-likeness (QED) is 0.477. The van der Waals surface area contributed by atoms with Crippen molar-refractivity contribution >= 4 is 17.1 Å². The van der Waals surface area contributed by atoms with Crippen molar-refractivity contribution in [2.45, 2.75) is 13.3 Å². The summed E-state index contributed by atoms with van der Waals surface area (Å²) < 4.78 is 0. The van der Waals surface area contributed by atoms with Crippen LogP contribution in [0.4, 0.5) is 17.1 Å². The topological polar surface area (TPSA) is 96.2 Å². The van der Waals surface area contributed by atoms with Crippen molar-refractivity contribution in [2.24, 2.45) is 0 Å². The highest BCUT2D eigenvalue weighted by Gasteiger charge is 2.12. The molecule has 0 radical (unpaired) electrons. The molecule has 1 aromatic carbocycles. The molecular formula is C11H14N4O2. The summed E-state index contributed by atoms with van der Waals surface area (Å²) in [5, 5.41) is 19.3. The summed E-state index contributed by atoms with van der Waals surface area (Å²) >= 11 is 0. The number of rotatable bonds is 5. The van der Waals surface area contributed by atoms with Crippen molar-refractivity contribution in [2.75, 3.05) is 23.7 Å². The monoisotopic (exact) mass is 234 g/mol. The molecule has 0 unspecified atom stereocenters. The molecule has 90 valence electrons. The standard InChI is InChI=1S/C11H14N4O2/c1-2-14(5-3-4-12)10-6-9(13)7-11(8-10)15(16)17/h6-8H,2-3,5,13H2,1H3. The Bertz CT molecular complexity index is 453. The van der Waals surface area contributed by atoms with Crippen LogP contribution in [0.2, 0.25) is 0 Å². The molecule has 0 aliphatic heterocycles. The van der Waals surface area contributed by atoms with Gasteiger partial charge in [0.15, 0.2) is 0 Å². The minimum atomic E-state index is -0.474. The van der Waals surface area contributed by atoms with Crippen LogP contribution in [0.3, 0.4) is 0 Å². The number of nitrogens with zero attached hydrogens (tertiary/aromatic N) is 3. The van der Waals surface area contributed by atoms with Gasteiger partial charge in [0.2, 0.25) is 0 Å². The lowest BCUT2D eigenvalue weighted by atomic mass is 10.2. The number of hydrogen-bond donors (Lipinski definition) is 1. The van der Waals surface area contributed by atoms with Crippen LogP contribution in [-0.2, 0) is 0 Å². The summed E-state index contributed by atoms with van der Waals surface area (Å²) in [5.41, 5.74) is 6.62. The average molecular weight is 234 g/mol. The van der Waals surface area contributed by atoms with E-state index < -0.39 is 4.92 Å². The number of anilines is 2. The van der Waals surface area contributed by atoms with Crippen molar-refractivity contribution in [1.82, 2.24) is 0 Å². The predicted molar refractivity (Wildman–Crippen MR) is 65.6 cm³/mol. The Balaban J connectivity index is 3.03. The number of nitrogen functional groups attached to an aromatic ring is 1. The first-order valence-corrected chi connectivity index (χ1v) is 5.25. The first-order valence-electron chi connectivity index (χ1n) is 5.25. The van der Waals surface area contributed by atoms with Crippen LogP contribution >= 0.6 is 0 Å². The zero-order valence-corrected chi connectivity index (χ0v) is 9.59. The number of non-ortho nitro benzene ring substituents is 1. The van der Waals surface area contributed by atoms with Crippen LogP contribution in [-0.4, -0.2) is 18.0 Å². The van der Waals surface area contributed by atoms with E-state index in [2.05, 4.69) is 0 Å². The van der Waals surface area contributed by atoms with Crippen molar-refractivity contribution in [3.63, 3.8) is 0 Å². The summed E-state index contributed by atoms with van der Waals surface area (Å²) in [4.78, 5) is 12.1. The molecule has 6 heteroatoms. The molecule has 0 atom stereocenters. The molecule has 17 heavy (non-hydrogen) atoms. The molecular weight excluding hydrogens is 220 g/mol. The van der Waals surface area contributed by atoms with Gasteiger partial charge in [-0.2, -0.15) is 5.26 Å². The Kier molecular flexibility index (Phi) is 4.29. The van der Waals surface area contributed by atoms with Crippen LogP contribution in [0, 0.1) is 21.4 Å². The maximum absolute atomic E-state index is 10.7. The SMILES string of the molecule is CCN(CCC#N)c1cc(N)cc([N+](=O)[O-])c1. The summed E-state index contributed by atoms with van der Waals surface area (Å²) in [6.45, 7) is 3.13. The second-order valence-corrected chi connectivity index (χ2v) is 3.53. The highest BCUT2D eigenvalue weighted by molar-refractivity contribution is 5.62. The maximum atomic E-state index is 10.7. The van der Waals surface area contributed by atoms with Gasteiger partial charge in [0, 0.05) is 36.6 Å². The molecule has 0 aliphatic carbocycles. The predicted octanol–water partition coefficient (Wildman–Crippen LogP) is 1.92. The Morgan fingerprint density at radius 3 is 2.76 bits per heavy atom. The number of hydrogen-bond acceptors (Lipinski definition) is 5. The minimum Gasteiger partial charge on any atom is -0.398 e. The summed E-state index contributed by atoms with van der Waals surface area (Å²) in [5.74, 6) is 0. The van der Waals surface area contributed by atoms with Crippen LogP contribution in [0.25, 0.3) is 0 Å². The Hall–Kier alpha value is -2.29. The molecule has 0 aromatic heterocycles. The van der Waals surface area contributed by atoms with E-state index in [1.807, 2.05) is 17.9 Å². The Morgan fingerprint density at radius 2 is 2.24 bits per heavy atom.